The maximum Gasteiger partial charge on any atom is 0.206 e. The van der Waals surface area contributed by atoms with Crippen molar-refractivity contribution >= 4 is 35.4 Å². The van der Waals surface area contributed by atoms with Crippen LogP contribution in [0.4, 0.5) is 0 Å². The van der Waals surface area contributed by atoms with Crippen LogP contribution < -0.4 is 11.2 Å². The van der Waals surface area contributed by atoms with Gasteiger partial charge in [-0.2, -0.15) is 5.10 Å². The molecule has 0 aromatic carbocycles. The van der Waals surface area contributed by atoms with Crippen LogP contribution in [0.15, 0.2) is 28.4 Å². The van der Waals surface area contributed by atoms with Gasteiger partial charge in [0.2, 0.25) is 5.96 Å². The topological polar surface area (TPSA) is 74.3 Å². The first-order valence-corrected chi connectivity index (χ1v) is 4.74. The smallest absolute Gasteiger partial charge is 0.206 e. The van der Waals surface area contributed by atoms with E-state index in [0.717, 1.165) is 0 Å². The van der Waals surface area contributed by atoms with Gasteiger partial charge in [-0.15, -0.1) is 11.6 Å². The summed E-state index contributed by atoms with van der Waals surface area (Å²) in [6, 6.07) is 0. The summed E-state index contributed by atoms with van der Waals surface area (Å²) in [7, 11) is 0. The number of allylic oxidation sites excluding steroid dienone is 4. The average Bonchev–Trinajstić information content (AvgIpc) is 2.09. The van der Waals surface area contributed by atoms with E-state index >= 15 is 0 Å². The predicted octanol–water partition coefficient (Wildman–Crippen LogP) is 1.37. The van der Waals surface area contributed by atoms with E-state index in [2.05, 4.69) is 10.5 Å². The summed E-state index contributed by atoms with van der Waals surface area (Å²) < 4.78 is 0. The Morgan fingerprint density at radius 1 is 1.71 bits per heavy atom. The van der Waals surface area contributed by atoms with Gasteiger partial charge in [0.15, 0.2) is 0 Å². The third kappa shape index (κ3) is 3.05. The van der Waals surface area contributed by atoms with E-state index in [9.17, 15) is 0 Å². The second-order valence-electron chi connectivity index (χ2n) is 2.71. The molecule has 1 aliphatic rings. The van der Waals surface area contributed by atoms with Gasteiger partial charge in [-0.05, 0) is 6.08 Å². The Morgan fingerprint density at radius 3 is 3.00 bits per heavy atom. The second kappa shape index (κ2) is 5.02. The van der Waals surface area contributed by atoms with Gasteiger partial charge in [-0.1, -0.05) is 23.8 Å². The van der Waals surface area contributed by atoms with Crippen LogP contribution in [0.3, 0.4) is 0 Å². The van der Waals surface area contributed by atoms with Crippen molar-refractivity contribution in [3.8, 4) is 0 Å². The highest BCUT2D eigenvalue weighted by Crippen LogP contribution is 2.26. The molecule has 0 heterocycles. The minimum atomic E-state index is -0.223. The first kappa shape index (κ1) is 11.1. The molecule has 0 bridgehead atoms. The summed E-state index contributed by atoms with van der Waals surface area (Å²) in [5, 5.41) is 11.0. The minimum Gasteiger partial charge on any atom is -0.369 e. The molecule has 1 aliphatic carbocycles. The molecule has 0 saturated carbocycles. The summed E-state index contributed by atoms with van der Waals surface area (Å²) in [5.74, 6) is -0.394. The zero-order valence-electron chi connectivity index (χ0n) is 7.24. The first-order chi connectivity index (χ1) is 6.61. The number of guanidine groups is 1. The van der Waals surface area contributed by atoms with Crippen LogP contribution >= 0.6 is 23.2 Å². The molecule has 6 heteroatoms. The van der Waals surface area contributed by atoms with Crippen molar-refractivity contribution in [1.29, 1.82) is 5.41 Å². The van der Waals surface area contributed by atoms with E-state index in [4.69, 9.17) is 34.3 Å². The monoisotopic (exact) mass is 232 g/mol. The number of hydrazone groups is 1. The molecule has 4 N–H and O–H groups in total. The lowest BCUT2D eigenvalue weighted by atomic mass is 10.0. The third-order valence-corrected chi connectivity index (χ3v) is 2.43. The Balaban J connectivity index is 2.59. The minimum absolute atomic E-state index is 0.171. The largest absolute Gasteiger partial charge is 0.369 e. The van der Waals surface area contributed by atoms with Crippen molar-refractivity contribution < 1.29 is 0 Å². The molecule has 1 rings (SSSR count). The molecular weight excluding hydrogens is 223 g/mol. The molecule has 14 heavy (non-hydrogen) atoms. The lowest BCUT2D eigenvalue weighted by Crippen LogP contribution is -2.27. The van der Waals surface area contributed by atoms with E-state index in [0.29, 0.717) is 5.03 Å². The van der Waals surface area contributed by atoms with Gasteiger partial charge in [0.05, 0.1) is 11.3 Å². The average molecular weight is 233 g/mol. The van der Waals surface area contributed by atoms with Crippen molar-refractivity contribution in [2.24, 2.45) is 16.8 Å². The predicted molar refractivity (Wildman–Crippen MR) is 59.7 cm³/mol. The van der Waals surface area contributed by atoms with Gasteiger partial charge < -0.3 is 5.73 Å². The lowest BCUT2D eigenvalue weighted by Gasteiger charge is -2.17. The number of alkyl halides is 1. The van der Waals surface area contributed by atoms with Gasteiger partial charge in [-0.3, -0.25) is 5.41 Å². The maximum absolute atomic E-state index is 6.87. The first-order valence-electron chi connectivity index (χ1n) is 3.92. The molecule has 0 aromatic rings. The Morgan fingerprint density at radius 2 is 2.43 bits per heavy atom. The number of nitrogens with one attached hydrogen (secondary N) is 2. The lowest BCUT2D eigenvalue weighted by molar-refractivity contribution is 0.859. The van der Waals surface area contributed by atoms with E-state index in [1.54, 1.807) is 12.2 Å². The second-order valence-corrected chi connectivity index (χ2v) is 3.65. The number of hydrogen-bond acceptors (Lipinski definition) is 2. The molecule has 0 amide bonds. The van der Waals surface area contributed by atoms with E-state index in [-0.39, 0.29) is 17.3 Å². The summed E-state index contributed by atoms with van der Waals surface area (Å²) in [6.07, 6.45) is 6.90. The summed E-state index contributed by atoms with van der Waals surface area (Å²) >= 11 is 11.9. The molecule has 76 valence electrons. The van der Waals surface area contributed by atoms with Crippen LogP contribution in [0.25, 0.3) is 0 Å². The van der Waals surface area contributed by atoms with Crippen molar-refractivity contribution in [1.82, 2.24) is 5.43 Å². The van der Waals surface area contributed by atoms with Crippen molar-refractivity contribution in [2.45, 2.75) is 5.38 Å². The highest BCUT2D eigenvalue weighted by molar-refractivity contribution is 6.33. The molecular formula is C8H10Cl2N4. The zero-order valence-corrected chi connectivity index (χ0v) is 8.76. The molecule has 2 atom stereocenters. The van der Waals surface area contributed by atoms with Gasteiger partial charge in [0.1, 0.15) is 0 Å². The normalized spacial score (nSPS) is 26.3. The number of halogens is 2. The SMILES string of the molecule is N=C(N)N/N=C/C1C(Cl)=CC=CC1Cl. The van der Waals surface area contributed by atoms with Crippen LogP contribution in [-0.2, 0) is 0 Å². The highest BCUT2D eigenvalue weighted by Gasteiger charge is 2.20. The van der Waals surface area contributed by atoms with Crippen molar-refractivity contribution in [3.05, 3.63) is 23.3 Å². The van der Waals surface area contributed by atoms with E-state index in [1.165, 1.54) is 6.21 Å². The third-order valence-electron chi connectivity index (χ3n) is 1.63. The van der Waals surface area contributed by atoms with Crippen LogP contribution in [0.1, 0.15) is 0 Å². The van der Waals surface area contributed by atoms with E-state index in [1.807, 2.05) is 6.08 Å². The summed E-state index contributed by atoms with van der Waals surface area (Å²) in [5.41, 5.74) is 7.34. The van der Waals surface area contributed by atoms with Crippen LogP contribution in [0, 0.1) is 11.3 Å². The van der Waals surface area contributed by atoms with Crippen LogP contribution in [0.5, 0.6) is 0 Å². The zero-order chi connectivity index (χ0) is 10.6. The highest BCUT2D eigenvalue weighted by atomic mass is 35.5. The Hall–Kier alpha value is -1.000. The van der Waals surface area contributed by atoms with Gasteiger partial charge >= 0.3 is 0 Å². The molecule has 0 radical (unpaired) electrons. The number of hydrogen-bond donors (Lipinski definition) is 3. The molecule has 0 aromatic heterocycles. The number of nitrogens with zero attached hydrogens (tertiary/aromatic N) is 1. The Labute approximate surface area is 92.0 Å². The fraction of sp³-hybridized carbons (Fsp3) is 0.250. The Bertz CT molecular complexity index is 308. The summed E-state index contributed by atoms with van der Waals surface area (Å²) in [4.78, 5) is 0. The molecule has 0 spiro atoms. The summed E-state index contributed by atoms with van der Waals surface area (Å²) in [6.45, 7) is 0. The molecule has 0 saturated heterocycles. The molecule has 0 fully saturated rings. The van der Waals surface area contributed by atoms with Crippen molar-refractivity contribution in [3.63, 3.8) is 0 Å². The fourth-order valence-electron chi connectivity index (χ4n) is 0.977. The fourth-order valence-corrected chi connectivity index (χ4v) is 1.59. The molecule has 4 nitrogen and oxygen atoms in total. The molecule has 0 aliphatic heterocycles. The van der Waals surface area contributed by atoms with Crippen LogP contribution in [0.2, 0.25) is 0 Å². The van der Waals surface area contributed by atoms with Crippen LogP contribution in [-0.4, -0.2) is 17.6 Å². The van der Waals surface area contributed by atoms with Gasteiger partial charge in [-0.25, -0.2) is 5.43 Å². The number of rotatable bonds is 2. The van der Waals surface area contributed by atoms with Crippen molar-refractivity contribution in [2.75, 3.05) is 0 Å². The number of nitrogens with two attached hydrogens (primary N) is 1. The molecule has 2 unspecified atom stereocenters. The van der Waals surface area contributed by atoms with Gasteiger partial charge in [0, 0.05) is 11.2 Å². The standard InChI is InChI=1S/C8H10Cl2N4/c9-6-2-1-3-7(10)5(6)4-13-14-8(11)12/h1-6H,(H4,11,12,14)/b13-4+. The quantitative estimate of drug-likeness (QED) is 0.291. The Kier molecular flexibility index (Phi) is 3.98. The van der Waals surface area contributed by atoms with E-state index < -0.39 is 0 Å². The van der Waals surface area contributed by atoms with Gasteiger partial charge in [0.25, 0.3) is 0 Å². The maximum atomic E-state index is 6.87.